The van der Waals surface area contributed by atoms with Crippen molar-refractivity contribution in [3.63, 3.8) is 0 Å². The first kappa shape index (κ1) is 14.3. The summed E-state index contributed by atoms with van der Waals surface area (Å²) >= 11 is 0. The Kier molecular flexibility index (Phi) is 4.20. The monoisotopic (exact) mass is 269 g/mol. The Balaban J connectivity index is 2.34. The first-order valence-corrected chi connectivity index (χ1v) is 6.64. The molecule has 0 spiro atoms. The number of aliphatic hydroxyl groups excluding tert-OH is 1. The number of benzene rings is 2. The molecular weight excluding hydrogens is 250 g/mol. The normalized spacial score (nSPS) is 13.7. The molecule has 0 saturated heterocycles. The van der Waals surface area contributed by atoms with E-state index < -0.39 is 11.3 Å². The number of aliphatic hydroxyl groups is 1. The van der Waals surface area contributed by atoms with E-state index in [0.717, 1.165) is 16.7 Å². The molecule has 104 valence electrons. The van der Waals surface area contributed by atoms with E-state index in [1.54, 1.807) is 6.92 Å². The Hall–Kier alpha value is -2.13. The molecule has 2 aromatic carbocycles. The number of rotatable bonds is 5. The largest absolute Gasteiger partial charge is 0.396 e. The van der Waals surface area contributed by atoms with E-state index in [1.807, 2.05) is 54.6 Å². The van der Waals surface area contributed by atoms with Crippen LogP contribution in [0.5, 0.6) is 0 Å². The molecule has 3 N–H and O–H groups in total. The molecule has 0 aliphatic rings. The number of carbonyl (C=O) groups excluding carboxylic acids is 1. The maximum atomic E-state index is 11.7. The lowest BCUT2D eigenvalue weighted by Crippen LogP contribution is -2.39. The van der Waals surface area contributed by atoms with Crippen LogP contribution in [0.3, 0.4) is 0 Å². The molecule has 0 saturated carbocycles. The topological polar surface area (TPSA) is 63.3 Å². The zero-order chi connectivity index (χ0) is 14.6. The van der Waals surface area contributed by atoms with Crippen LogP contribution < -0.4 is 5.73 Å². The smallest absolute Gasteiger partial charge is 0.227 e. The van der Waals surface area contributed by atoms with Crippen LogP contribution >= 0.6 is 0 Å². The Morgan fingerprint density at radius 2 is 1.60 bits per heavy atom. The minimum absolute atomic E-state index is 0.0696. The van der Waals surface area contributed by atoms with Gasteiger partial charge in [0.1, 0.15) is 0 Å². The first-order chi connectivity index (χ1) is 9.58. The highest BCUT2D eigenvalue weighted by atomic mass is 16.3. The Bertz CT molecular complexity index is 578. The molecule has 0 radical (unpaired) electrons. The predicted octanol–water partition coefficient (Wildman–Crippen LogP) is 2.48. The Morgan fingerprint density at radius 1 is 1.05 bits per heavy atom. The fourth-order valence-corrected chi connectivity index (χ4v) is 2.29. The third-order valence-corrected chi connectivity index (χ3v) is 3.78. The van der Waals surface area contributed by atoms with Gasteiger partial charge in [0.15, 0.2) is 0 Å². The summed E-state index contributed by atoms with van der Waals surface area (Å²) in [6.07, 6.45) is 0.326. The Morgan fingerprint density at radius 3 is 2.10 bits per heavy atom. The lowest BCUT2D eigenvalue weighted by molar-refractivity contribution is -0.123. The first-order valence-electron chi connectivity index (χ1n) is 6.64. The molecule has 0 fully saturated rings. The van der Waals surface area contributed by atoms with Crippen molar-refractivity contribution in [2.24, 2.45) is 5.73 Å². The van der Waals surface area contributed by atoms with Gasteiger partial charge < -0.3 is 10.8 Å². The summed E-state index contributed by atoms with van der Waals surface area (Å²) < 4.78 is 0. The van der Waals surface area contributed by atoms with Crippen LogP contribution in [0.25, 0.3) is 11.1 Å². The summed E-state index contributed by atoms with van der Waals surface area (Å²) in [5, 5.41) is 9.14. The van der Waals surface area contributed by atoms with Gasteiger partial charge in [-0.05, 0) is 30.0 Å². The molecule has 0 aliphatic heterocycles. The molecule has 2 aromatic rings. The van der Waals surface area contributed by atoms with Gasteiger partial charge in [0, 0.05) is 6.61 Å². The fraction of sp³-hybridized carbons (Fsp3) is 0.235. The van der Waals surface area contributed by atoms with Crippen molar-refractivity contribution in [1.29, 1.82) is 0 Å². The highest BCUT2D eigenvalue weighted by Gasteiger charge is 2.32. The molecule has 1 amide bonds. The maximum absolute atomic E-state index is 11.7. The van der Waals surface area contributed by atoms with Crippen molar-refractivity contribution >= 4 is 5.91 Å². The van der Waals surface area contributed by atoms with Gasteiger partial charge in [0.05, 0.1) is 5.41 Å². The SMILES string of the molecule is CC(CCO)(C(N)=O)c1ccc(-c2ccccc2)cc1. The van der Waals surface area contributed by atoms with Gasteiger partial charge in [-0.2, -0.15) is 0 Å². The second kappa shape index (κ2) is 5.88. The van der Waals surface area contributed by atoms with Gasteiger partial charge in [-0.3, -0.25) is 4.79 Å². The quantitative estimate of drug-likeness (QED) is 0.876. The zero-order valence-corrected chi connectivity index (χ0v) is 11.5. The third-order valence-electron chi connectivity index (χ3n) is 3.78. The molecule has 20 heavy (non-hydrogen) atoms. The van der Waals surface area contributed by atoms with E-state index in [-0.39, 0.29) is 6.61 Å². The van der Waals surface area contributed by atoms with Crippen LogP contribution in [0.15, 0.2) is 54.6 Å². The molecule has 1 atom stereocenters. The fourth-order valence-electron chi connectivity index (χ4n) is 2.29. The summed E-state index contributed by atoms with van der Waals surface area (Å²) in [4.78, 5) is 11.7. The van der Waals surface area contributed by atoms with Crippen molar-refractivity contribution in [3.05, 3.63) is 60.2 Å². The minimum atomic E-state index is -0.829. The van der Waals surface area contributed by atoms with Gasteiger partial charge in [0.2, 0.25) is 5.91 Å². The van der Waals surface area contributed by atoms with Crippen LogP contribution in [-0.4, -0.2) is 17.6 Å². The van der Waals surface area contributed by atoms with Crippen molar-refractivity contribution in [3.8, 4) is 11.1 Å². The van der Waals surface area contributed by atoms with E-state index in [9.17, 15) is 4.79 Å². The molecule has 3 nitrogen and oxygen atoms in total. The van der Waals surface area contributed by atoms with E-state index in [2.05, 4.69) is 0 Å². The van der Waals surface area contributed by atoms with E-state index in [0.29, 0.717) is 6.42 Å². The molecule has 1 unspecified atom stereocenters. The molecule has 0 heterocycles. The zero-order valence-electron chi connectivity index (χ0n) is 11.5. The van der Waals surface area contributed by atoms with E-state index >= 15 is 0 Å². The van der Waals surface area contributed by atoms with Crippen LogP contribution in [0, 0.1) is 0 Å². The summed E-state index contributed by atoms with van der Waals surface area (Å²) in [6, 6.07) is 17.8. The molecule has 0 bridgehead atoms. The average Bonchev–Trinajstić information content (AvgIpc) is 2.48. The lowest BCUT2D eigenvalue weighted by atomic mass is 9.78. The second-order valence-corrected chi connectivity index (χ2v) is 5.11. The molecule has 3 heteroatoms. The summed E-state index contributed by atoms with van der Waals surface area (Å²) in [5.74, 6) is -0.418. The summed E-state index contributed by atoms with van der Waals surface area (Å²) in [7, 11) is 0. The molecular formula is C17H19NO2. The number of hydrogen-bond acceptors (Lipinski definition) is 2. The van der Waals surface area contributed by atoms with Gasteiger partial charge in [-0.15, -0.1) is 0 Å². The van der Waals surface area contributed by atoms with Crippen molar-refractivity contribution < 1.29 is 9.90 Å². The molecule has 2 rings (SSSR count). The molecule has 0 aliphatic carbocycles. The summed E-state index contributed by atoms with van der Waals surface area (Å²) in [6.45, 7) is 1.70. The molecule has 0 aromatic heterocycles. The second-order valence-electron chi connectivity index (χ2n) is 5.11. The van der Waals surface area contributed by atoms with Crippen molar-refractivity contribution in [2.45, 2.75) is 18.8 Å². The van der Waals surface area contributed by atoms with Crippen molar-refractivity contribution in [2.75, 3.05) is 6.61 Å². The van der Waals surface area contributed by atoms with E-state index in [4.69, 9.17) is 10.8 Å². The number of amides is 1. The van der Waals surface area contributed by atoms with Gasteiger partial charge in [-0.25, -0.2) is 0 Å². The highest BCUT2D eigenvalue weighted by Crippen LogP contribution is 2.29. The maximum Gasteiger partial charge on any atom is 0.227 e. The van der Waals surface area contributed by atoms with Gasteiger partial charge >= 0.3 is 0 Å². The minimum Gasteiger partial charge on any atom is -0.396 e. The Labute approximate surface area is 119 Å². The predicted molar refractivity (Wildman–Crippen MR) is 80.1 cm³/mol. The van der Waals surface area contributed by atoms with Crippen molar-refractivity contribution in [1.82, 2.24) is 0 Å². The number of primary amides is 1. The standard InChI is InChI=1S/C17H19NO2/c1-17(11-12-19,16(18)20)15-9-7-14(8-10-15)13-5-3-2-4-6-13/h2-10,19H,11-12H2,1H3,(H2,18,20). The van der Waals surface area contributed by atoms with Gasteiger partial charge in [0.25, 0.3) is 0 Å². The number of nitrogens with two attached hydrogens (primary N) is 1. The van der Waals surface area contributed by atoms with Crippen LogP contribution in [0.4, 0.5) is 0 Å². The lowest BCUT2D eigenvalue weighted by Gasteiger charge is -2.26. The van der Waals surface area contributed by atoms with Crippen LogP contribution in [0.2, 0.25) is 0 Å². The summed E-state index contributed by atoms with van der Waals surface area (Å²) in [5.41, 5.74) is 7.71. The van der Waals surface area contributed by atoms with E-state index in [1.165, 1.54) is 0 Å². The van der Waals surface area contributed by atoms with Gasteiger partial charge in [-0.1, -0.05) is 54.6 Å². The third kappa shape index (κ3) is 2.73. The van der Waals surface area contributed by atoms with Crippen LogP contribution in [-0.2, 0) is 10.2 Å². The average molecular weight is 269 g/mol. The number of carbonyl (C=O) groups is 1. The van der Waals surface area contributed by atoms with Crippen LogP contribution in [0.1, 0.15) is 18.9 Å². The number of hydrogen-bond donors (Lipinski definition) is 2. The highest BCUT2D eigenvalue weighted by molar-refractivity contribution is 5.86.